The van der Waals surface area contributed by atoms with E-state index in [1.807, 2.05) is 50.4 Å². The van der Waals surface area contributed by atoms with Gasteiger partial charge in [0.05, 0.1) is 0 Å². The molecule has 138 valence electrons. The Morgan fingerprint density at radius 3 is 2.81 bits per heavy atom. The number of nitriles is 1. The van der Waals surface area contributed by atoms with Gasteiger partial charge in [-0.05, 0) is 56.5 Å². The van der Waals surface area contributed by atoms with Crippen molar-refractivity contribution in [2.24, 2.45) is 0 Å². The first-order valence-electron chi connectivity index (χ1n) is 9.16. The minimum Gasteiger partial charge on any atom is -0.361 e. The highest BCUT2D eigenvalue weighted by Gasteiger charge is 2.12. The zero-order valence-corrected chi connectivity index (χ0v) is 16.0. The smallest absolute Gasteiger partial charge is 0.261 e. The van der Waals surface area contributed by atoms with Gasteiger partial charge in [0.25, 0.3) is 5.91 Å². The fourth-order valence-corrected chi connectivity index (χ4v) is 3.51. The number of aromatic amines is 1. The number of carbonyl (C=O) groups excluding carboxylic acids is 1. The lowest BCUT2D eigenvalue weighted by Crippen LogP contribution is -2.26. The number of aryl methyl sites for hydroxylation is 1. The average Bonchev–Trinajstić information content (AvgIpc) is 3.20. The van der Waals surface area contributed by atoms with E-state index in [1.54, 1.807) is 6.08 Å². The normalized spacial score (nSPS) is 11.6. The first-order chi connectivity index (χ1) is 13.0. The molecule has 0 aliphatic carbocycles. The number of carbonyl (C=O) groups is 1. The maximum absolute atomic E-state index is 12.4. The van der Waals surface area contributed by atoms with Crippen LogP contribution in [0.25, 0.3) is 17.0 Å². The zero-order valence-electron chi connectivity index (χ0n) is 16.0. The van der Waals surface area contributed by atoms with Crippen LogP contribution in [0.2, 0.25) is 0 Å². The van der Waals surface area contributed by atoms with Crippen molar-refractivity contribution in [1.29, 1.82) is 5.26 Å². The molecule has 2 heterocycles. The van der Waals surface area contributed by atoms with Crippen molar-refractivity contribution < 1.29 is 4.79 Å². The van der Waals surface area contributed by atoms with Crippen LogP contribution >= 0.6 is 0 Å². The lowest BCUT2D eigenvalue weighted by atomic mass is 10.1. The molecular formula is C22H24N4O. The SMILES string of the molecule is CCn1c(C)cc(/C=C(/C#N)C(=O)NCCc2c[nH]c3ccccc23)c1C. The van der Waals surface area contributed by atoms with Gasteiger partial charge in [-0.1, -0.05) is 18.2 Å². The Morgan fingerprint density at radius 2 is 2.11 bits per heavy atom. The summed E-state index contributed by atoms with van der Waals surface area (Å²) in [6.45, 7) is 7.46. The molecule has 0 aliphatic heterocycles. The third-order valence-corrected chi connectivity index (χ3v) is 4.95. The summed E-state index contributed by atoms with van der Waals surface area (Å²) in [5, 5.41) is 13.4. The van der Waals surface area contributed by atoms with Crippen LogP contribution in [0.1, 0.15) is 29.4 Å². The molecule has 0 fully saturated rings. The van der Waals surface area contributed by atoms with Gasteiger partial charge in [-0.25, -0.2) is 0 Å². The number of hydrogen-bond acceptors (Lipinski definition) is 2. The largest absolute Gasteiger partial charge is 0.361 e. The number of para-hydroxylation sites is 1. The van der Waals surface area contributed by atoms with E-state index in [9.17, 15) is 10.1 Å². The third kappa shape index (κ3) is 3.80. The van der Waals surface area contributed by atoms with Crippen molar-refractivity contribution in [3.63, 3.8) is 0 Å². The first-order valence-corrected chi connectivity index (χ1v) is 9.16. The van der Waals surface area contributed by atoms with E-state index in [1.165, 1.54) is 0 Å². The maximum atomic E-state index is 12.4. The molecule has 0 aliphatic rings. The molecule has 0 bridgehead atoms. The van der Waals surface area contributed by atoms with Crippen LogP contribution in [0, 0.1) is 25.2 Å². The number of hydrogen-bond donors (Lipinski definition) is 2. The Balaban J connectivity index is 1.68. The Hall–Kier alpha value is -3.26. The molecule has 1 aromatic carbocycles. The van der Waals surface area contributed by atoms with Crippen molar-refractivity contribution in [3.8, 4) is 6.07 Å². The summed E-state index contributed by atoms with van der Waals surface area (Å²) in [5.74, 6) is -0.335. The Bertz CT molecular complexity index is 1050. The summed E-state index contributed by atoms with van der Waals surface area (Å²) in [6, 6.07) is 12.1. The van der Waals surface area contributed by atoms with Crippen molar-refractivity contribution in [2.45, 2.75) is 33.7 Å². The molecule has 5 nitrogen and oxygen atoms in total. The molecule has 0 saturated carbocycles. The Morgan fingerprint density at radius 1 is 1.33 bits per heavy atom. The van der Waals surface area contributed by atoms with E-state index in [0.29, 0.717) is 13.0 Å². The topological polar surface area (TPSA) is 73.6 Å². The van der Waals surface area contributed by atoms with E-state index in [0.717, 1.165) is 40.0 Å². The van der Waals surface area contributed by atoms with E-state index >= 15 is 0 Å². The molecule has 0 saturated heterocycles. The van der Waals surface area contributed by atoms with Gasteiger partial charge in [0.15, 0.2) is 0 Å². The Labute approximate surface area is 159 Å². The van der Waals surface area contributed by atoms with Gasteiger partial charge in [0.2, 0.25) is 0 Å². The standard InChI is InChI=1S/C22H24N4O/c1-4-26-15(2)11-18(16(26)3)12-19(13-23)22(27)24-10-9-17-14-25-21-8-6-5-7-20(17)21/h5-8,11-12,14,25H,4,9-10H2,1-3H3,(H,24,27)/b19-12-. The van der Waals surface area contributed by atoms with Crippen LogP contribution in [-0.2, 0) is 17.8 Å². The predicted molar refractivity (Wildman–Crippen MR) is 108 cm³/mol. The van der Waals surface area contributed by atoms with Crippen LogP contribution < -0.4 is 5.32 Å². The molecule has 0 spiro atoms. The summed E-state index contributed by atoms with van der Waals surface area (Å²) < 4.78 is 2.16. The molecule has 0 atom stereocenters. The second kappa shape index (κ2) is 7.96. The van der Waals surface area contributed by atoms with Gasteiger partial charge in [-0.15, -0.1) is 0 Å². The van der Waals surface area contributed by atoms with E-state index in [2.05, 4.69) is 27.9 Å². The van der Waals surface area contributed by atoms with Gasteiger partial charge < -0.3 is 14.9 Å². The number of H-pyrrole nitrogens is 1. The van der Waals surface area contributed by atoms with Crippen LogP contribution in [-0.4, -0.2) is 22.0 Å². The fourth-order valence-electron chi connectivity index (χ4n) is 3.51. The Kier molecular flexibility index (Phi) is 5.46. The van der Waals surface area contributed by atoms with Crippen molar-refractivity contribution in [1.82, 2.24) is 14.9 Å². The number of rotatable bonds is 6. The summed E-state index contributed by atoms with van der Waals surface area (Å²) in [6.07, 6.45) is 4.35. The van der Waals surface area contributed by atoms with Gasteiger partial charge in [-0.3, -0.25) is 4.79 Å². The van der Waals surface area contributed by atoms with Crippen molar-refractivity contribution in [2.75, 3.05) is 6.54 Å². The highest BCUT2D eigenvalue weighted by atomic mass is 16.1. The minimum atomic E-state index is -0.335. The monoisotopic (exact) mass is 360 g/mol. The maximum Gasteiger partial charge on any atom is 0.261 e. The molecule has 0 unspecified atom stereocenters. The highest BCUT2D eigenvalue weighted by Crippen LogP contribution is 2.19. The molecule has 0 radical (unpaired) electrons. The van der Waals surface area contributed by atoms with Crippen LogP contribution in [0.3, 0.4) is 0 Å². The first kappa shape index (κ1) is 18.5. The van der Waals surface area contributed by atoms with Gasteiger partial charge >= 0.3 is 0 Å². The predicted octanol–water partition coefficient (Wildman–Crippen LogP) is 3.87. The summed E-state index contributed by atoms with van der Waals surface area (Å²) in [5.41, 5.74) is 5.47. The van der Waals surface area contributed by atoms with E-state index < -0.39 is 0 Å². The third-order valence-electron chi connectivity index (χ3n) is 4.95. The molecule has 1 amide bonds. The molecular weight excluding hydrogens is 336 g/mol. The number of fused-ring (bicyclic) bond motifs is 1. The number of nitrogens with zero attached hydrogens (tertiary/aromatic N) is 2. The number of benzene rings is 1. The number of amides is 1. The summed E-state index contributed by atoms with van der Waals surface area (Å²) in [7, 11) is 0. The van der Waals surface area contributed by atoms with Crippen molar-refractivity contribution >= 4 is 22.9 Å². The van der Waals surface area contributed by atoms with Crippen LogP contribution in [0.5, 0.6) is 0 Å². The van der Waals surface area contributed by atoms with Gasteiger partial charge in [0, 0.05) is 41.6 Å². The zero-order chi connectivity index (χ0) is 19.4. The molecule has 5 heteroatoms. The quantitative estimate of drug-likeness (QED) is 0.517. The van der Waals surface area contributed by atoms with Crippen molar-refractivity contribution in [3.05, 3.63) is 64.6 Å². The second-order valence-corrected chi connectivity index (χ2v) is 6.61. The van der Waals surface area contributed by atoms with Gasteiger partial charge in [-0.2, -0.15) is 5.26 Å². The molecule has 3 rings (SSSR count). The average molecular weight is 360 g/mol. The minimum absolute atomic E-state index is 0.130. The van der Waals surface area contributed by atoms with Gasteiger partial charge in [0.1, 0.15) is 11.6 Å². The van der Waals surface area contributed by atoms with Crippen LogP contribution in [0.15, 0.2) is 42.1 Å². The van der Waals surface area contributed by atoms with E-state index in [-0.39, 0.29) is 11.5 Å². The summed E-state index contributed by atoms with van der Waals surface area (Å²) in [4.78, 5) is 15.7. The van der Waals surface area contributed by atoms with Crippen LogP contribution in [0.4, 0.5) is 0 Å². The second-order valence-electron chi connectivity index (χ2n) is 6.61. The summed E-state index contributed by atoms with van der Waals surface area (Å²) >= 11 is 0. The molecule has 2 N–H and O–H groups in total. The number of nitrogens with one attached hydrogen (secondary N) is 2. The molecule has 3 aromatic rings. The lowest BCUT2D eigenvalue weighted by molar-refractivity contribution is -0.117. The number of aromatic nitrogens is 2. The fraction of sp³-hybridized carbons (Fsp3) is 0.273. The lowest BCUT2D eigenvalue weighted by Gasteiger charge is -2.05. The molecule has 2 aromatic heterocycles. The molecule has 27 heavy (non-hydrogen) atoms. The van der Waals surface area contributed by atoms with E-state index in [4.69, 9.17) is 0 Å². The highest BCUT2D eigenvalue weighted by molar-refractivity contribution is 6.01.